The van der Waals surface area contributed by atoms with Gasteiger partial charge in [0, 0.05) is 24.2 Å². The lowest BCUT2D eigenvalue weighted by molar-refractivity contribution is 0.114. The summed E-state index contributed by atoms with van der Waals surface area (Å²) < 4.78 is 0. The molecule has 4 heteroatoms. The van der Waals surface area contributed by atoms with Crippen molar-refractivity contribution in [3.8, 4) is 0 Å². The van der Waals surface area contributed by atoms with Gasteiger partial charge in [0.25, 0.3) is 0 Å². The molecule has 2 N–H and O–H groups in total. The third-order valence-electron chi connectivity index (χ3n) is 6.28. The number of rotatable bonds is 2. The van der Waals surface area contributed by atoms with E-state index in [1.807, 2.05) is 17.0 Å². The molecule has 124 valence electrons. The van der Waals surface area contributed by atoms with E-state index in [4.69, 9.17) is 0 Å². The predicted octanol–water partition coefficient (Wildman–Crippen LogP) is 3.19. The van der Waals surface area contributed by atoms with Gasteiger partial charge in [-0.25, -0.2) is 4.79 Å². The van der Waals surface area contributed by atoms with Crippen LogP contribution < -0.4 is 5.32 Å². The van der Waals surface area contributed by atoms with E-state index in [9.17, 15) is 9.90 Å². The van der Waals surface area contributed by atoms with Gasteiger partial charge in [-0.15, -0.1) is 0 Å². The standard InChI is InChI=1S/C19H26N2O2/c22-13-19-10-4-7-15(19)11-21(12-19)18(23)20-17-9-3-6-14-5-1-2-8-16(14)17/h3,6,9,15,22H,1-2,4-5,7-8,10-13H2,(H,20,23)/t15-,19+/m0/s1. The monoisotopic (exact) mass is 314 g/mol. The van der Waals surface area contributed by atoms with E-state index in [-0.39, 0.29) is 18.1 Å². The van der Waals surface area contributed by atoms with Gasteiger partial charge in [-0.3, -0.25) is 0 Å². The zero-order chi connectivity index (χ0) is 15.9. The van der Waals surface area contributed by atoms with Gasteiger partial charge in [-0.05, 0) is 61.6 Å². The van der Waals surface area contributed by atoms with Gasteiger partial charge in [0.15, 0.2) is 0 Å². The zero-order valence-corrected chi connectivity index (χ0v) is 13.7. The number of urea groups is 1. The molecule has 0 spiro atoms. The summed E-state index contributed by atoms with van der Waals surface area (Å²) in [5.41, 5.74) is 3.66. The molecule has 1 aromatic carbocycles. The highest BCUT2D eigenvalue weighted by atomic mass is 16.3. The number of likely N-dealkylation sites (tertiary alicyclic amines) is 1. The molecule has 2 amide bonds. The molecule has 1 saturated carbocycles. The Morgan fingerprint density at radius 1 is 1.30 bits per heavy atom. The van der Waals surface area contributed by atoms with Gasteiger partial charge in [-0.2, -0.15) is 0 Å². The molecule has 3 aliphatic rings. The summed E-state index contributed by atoms with van der Waals surface area (Å²) in [7, 11) is 0. The molecule has 2 aliphatic carbocycles. The number of aliphatic hydroxyl groups is 1. The second-order valence-electron chi connectivity index (χ2n) is 7.57. The summed E-state index contributed by atoms with van der Waals surface area (Å²) in [6.45, 7) is 1.71. The lowest BCUT2D eigenvalue weighted by atomic mass is 9.82. The molecule has 1 aliphatic heterocycles. The van der Waals surface area contributed by atoms with Gasteiger partial charge in [0.05, 0.1) is 6.61 Å². The van der Waals surface area contributed by atoms with Gasteiger partial charge in [0.1, 0.15) is 0 Å². The summed E-state index contributed by atoms with van der Waals surface area (Å²) >= 11 is 0. The van der Waals surface area contributed by atoms with Crippen molar-refractivity contribution in [1.82, 2.24) is 4.90 Å². The molecule has 2 fully saturated rings. The lowest BCUT2D eigenvalue weighted by Crippen LogP contribution is -2.36. The number of nitrogens with zero attached hydrogens (tertiary/aromatic N) is 1. The molecule has 0 aromatic heterocycles. The SMILES string of the molecule is O=C(Nc1cccc2c1CCCC2)N1C[C@@H]2CCC[C@]2(CO)C1. The van der Waals surface area contributed by atoms with Crippen LogP contribution in [0.15, 0.2) is 18.2 Å². The molecule has 1 saturated heterocycles. The van der Waals surface area contributed by atoms with Crippen LogP contribution in [0.3, 0.4) is 0 Å². The number of carbonyl (C=O) groups excluding carboxylic acids is 1. The Hall–Kier alpha value is -1.55. The van der Waals surface area contributed by atoms with E-state index >= 15 is 0 Å². The van der Waals surface area contributed by atoms with Crippen LogP contribution in [0.2, 0.25) is 0 Å². The van der Waals surface area contributed by atoms with E-state index in [2.05, 4.69) is 11.4 Å². The van der Waals surface area contributed by atoms with Gasteiger partial charge in [0.2, 0.25) is 0 Å². The number of amides is 2. The van der Waals surface area contributed by atoms with E-state index in [0.29, 0.717) is 12.5 Å². The Morgan fingerprint density at radius 2 is 2.17 bits per heavy atom. The van der Waals surface area contributed by atoms with Crippen molar-refractivity contribution in [2.45, 2.75) is 44.9 Å². The van der Waals surface area contributed by atoms with Crippen LogP contribution in [0, 0.1) is 11.3 Å². The summed E-state index contributed by atoms with van der Waals surface area (Å²) in [5, 5.41) is 13.0. The number of carbonyl (C=O) groups is 1. The van der Waals surface area contributed by atoms with Crippen LogP contribution in [0.4, 0.5) is 10.5 Å². The Kier molecular flexibility index (Phi) is 3.80. The molecule has 23 heavy (non-hydrogen) atoms. The number of aliphatic hydroxyl groups excluding tert-OH is 1. The highest BCUT2D eigenvalue weighted by molar-refractivity contribution is 5.90. The minimum absolute atomic E-state index is 0.00574. The first-order chi connectivity index (χ1) is 11.2. The van der Waals surface area contributed by atoms with E-state index in [0.717, 1.165) is 37.9 Å². The average molecular weight is 314 g/mol. The number of nitrogens with one attached hydrogen (secondary N) is 1. The molecule has 4 nitrogen and oxygen atoms in total. The molecule has 0 unspecified atom stereocenters. The number of fused-ring (bicyclic) bond motifs is 2. The number of aryl methyl sites for hydroxylation is 1. The van der Waals surface area contributed by atoms with E-state index in [1.54, 1.807) is 0 Å². The third kappa shape index (κ3) is 2.53. The third-order valence-corrected chi connectivity index (χ3v) is 6.28. The topological polar surface area (TPSA) is 52.6 Å². The van der Waals surface area contributed by atoms with E-state index < -0.39 is 0 Å². The summed E-state index contributed by atoms with van der Waals surface area (Å²) in [5.74, 6) is 0.475. The number of hydrogen-bond donors (Lipinski definition) is 2. The highest BCUT2D eigenvalue weighted by Gasteiger charge is 2.50. The first-order valence-electron chi connectivity index (χ1n) is 8.99. The number of benzene rings is 1. The number of hydrogen-bond acceptors (Lipinski definition) is 2. The Bertz CT molecular complexity index is 615. The van der Waals surface area contributed by atoms with E-state index in [1.165, 1.54) is 30.4 Å². The molecule has 4 rings (SSSR count). The van der Waals surface area contributed by atoms with Crippen LogP contribution in [-0.2, 0) is 12.8 Å². The zero-order valence-electron chi connectivity index (χ0n) is 13.7. The van der Waals surface area contributed by atoms with Crippen molar-refractivity contribution in [2.24, 2.45) is 11.3 Å². The second kappa shape index (κ2) is 5.82. The summed E-state index contributed by atoms with van der Waals surface area (Å²) in [6, 6.07) is 6.27. The fourth-order valence-electron chi connectivity index (χ4n) is 4.92. The first kappa shape index (κ1) is 15.0. The minimum atomic E-state index is -0.0343. The van der Waals surface area contributed by atoms with Crippen molar-refractivity contribution in [3.05, 3.63) is 29.3 Å². The fraction of sp³-hybridized carbons (Fsp3) is 0.632. The highest BCUT2D eigenvalue weighted by Crippen LogP contribution is 2.48. The molecule has 2 atom stereocenters. The van der Waals surface area contributed by atoms with Gasteiger partial charge >= 0.3 is 6.03 Å². The smallest absolute Gasteiger partial charge is 0.321 e. The lowest BCUT2D eigenvalue weighted by Gasteiger charge is -2.26. The fourth-order valence-corrected chi connectivity index (χ4v) is 4.92. The van der Waals surface area contributed by atoms with Crippen LogP contribution in [0.25, 0.3) is 0 Å². The van der Waals surface area contributed by atoms with Gasteiger partial charge < -0.3 is 15.3 Å². The largest absolute Gasteiger partial charge is 0.396 e. The van der Waals surface area contributed by atoms with Crippen molar-refractivity contribution < 1.29 is 9.90 Å². The maximum absolute atomic E-state index is 12.7. The molecule has 1 heterocycles. The van der Waals surface area contributed by atoms with Crippen LogP contribution in [0.1, 0.15) is 43.2 Å². The first-order valence-corrected chi connectivity index (χ1v) is 8.99. The van der Waals surface area contributed by atoms with Crippen molar-refractivity contribution in [2.75, 3.05) is 25.0 Å². The molecular formula is C19H26N2O2. The van der Waals surface area contributed by atoms with Crippen LogP contribution >= 0.6 is 0 Å². The normalized spacial score (nSPS) is 29.3. The molecule has 0 bridgehead atoms. The Labute approximate surface area is 137 Å². The van der Waals surface area contributed by atoms with Crippen LogP contribution in [0.5, 0.6) is 0 Å². The molecule has 1 aromatic rings. The summed E-state index contributed by atoms with van der Waals surface area (Å²) in [6.07, 6.45) is 8.03. The van der Waals surface area contributed by atoms with Crippen molar-refractivity contribution >= 4 is 11.7 Å². The average Bonchev–Trinajstić information content (AvgIpc) is 3.12. The quantitative estimate of drug-likeness (QED) is 0.881. The Balaban J connectivity index is 1.49. The number of anilines is 1. The Morgan fingerprint density at radius 3 is 3.00 bits per heavy atom. The van der Waals surface area contributed by atoms with Crippen molar-refractivity contribution in [3.63, 3.8) is 0 Å². The molecular weight excluding hydrogens is 288 g/mol. The van der Waals surface area contributed by atoms with Crippen LogP contribution in [-0.4, -0.2) is 35.7 Å². The van der Waals surface area contributed by atoms with Crippen molar-refractivity contribution in [1.29, 1.82) is 0 Å². The second-order valence-corrected chi connectivity index (χ2v) is 7.57. The maximum Gasteiger partial charge on any atom is 0.321 e. The predicted molar refractivity (Wildman–Crippen MR) is 90.5 cm³/mol. The maximum atomic E-state index is 12.7. The summed E-state index contributed by atoms with van der Waals surface area (Å²) in [4.78, 5) is 14.6. The minimum Gasteiger partial charge on any atom is -0.396 e. The molecule has 0 radical (unpaired) electrons. The van der Waals surface area contributed by atoms with Gasteiger partial charge in [-0.1, -0.05) is 18.6 Å².